The number of carbonyl (C=O) groups excluding carboxylic acids is 2. The van der Waals surface area contributed by atoms with Crippen LogP contribution in [0.5, 0.6) is 0 Å². The Labute approximate surface area is 184 Å². The number of benzene rings is 2. The first-order chi connectivity index (χ1) is 14.7. The molecule has 0 saturated heterocycles. The number of hydrogen-bond acceptors (Lipinski definition) is 5. The van der Waals surface area contributed by atoms with Gasteiger partial charge in [-0.05, 0) is 54.3 Å². The number of nitrogens with zero attached hydrogens (tertiary/aromatic N) is 1. The molecule has 0 aromatic heterocycles. The van der Waals surface area contributed by atoms with Gasteiger partial charge >= 0.3 is 5.97 Å². The molecule has 1 atom stereocenters. The van der Waals surface area contributed by atoms with E-state index in [1.165, 1.54) is 34.1 Å². The van der Waals surface area contributed by atoms with Crippen LogP contribution in [0.4, 0.5) is 5.69 Å². The summed E-state index contributed by atoms with van der Waals surface area (Å²) in [4.78, 5) is 24.4. The maximum atomic E-state index is 12.5. The van der Waals surface area contributed by atoms with Crippen LogP contribution in [0, 0.1) is 0 Å². The van der Waals surface area contributed by atoms with Crippen molar-refractivity contribution in [2.45, 2.75) is 44.9 Å². The van der Waals surface area contributed by atoms with E-state index in [0.29, 0.717) is 24.7 Å². The van der Waals surface area contributed by atoms with E-state index in [9.17, 15) is 18.0 Å². The number of anilines is 1. The fraction of sp³-hybridized carbons (Fsp3) is 0.391. The molecule has 0 spiro atoms. The first kappa shape index (κ1) is 24.6. The Balaban J connectivity index is 1.93. The Bertz CT molecular complexity index is 982. The summed E-state index contributed by atoms with van der Waals surface area (Å²) in [5.41, 5.74) is 1.99. The van der Waals surface area contributed by atoms with Crippen molar-refractivity contribution in [3.63, 3.8) is 0 Å². The van der Waals surface area contributed by atoms with Crippen LogP contribution < -0.4 is 5.32 Å². The molecule has 0 fully saturated rings. The van der Waals surface area contributed by atoms with Crippen molar-refractivity contribution in [3.8, 4) is 0 Å². The number of esters is 1. The largest absolute Gasteiger partial charge is 0.452 e. The number of hydrogen-bond donors (Lipinski definition) is 1. The smallest absolute Gasteiger partial charge is 0.338 e. The summed E-state index contributed by atoms with van der Waals surface area (Å²) in [5.74, 6) is -0.710. The minimum absolute atomic E-state index is 0.103. The van der Waals surface area contributed by atoms with Crippen molar-refractivity contribution in [3.05, 3.63) is 59.7 Å². The second-order valence-electron chi connectivity index (χ2n) is 7.17. The zero-order chi connectivity index (χ0) is 23.0. The van der Waals surface area contributed by atoms with Gasteiger partial charge in [-0.15, -0.1) is 0 Å². The first-order valence-corrected chi connectivity index (χ1v) is 11.8. The third-order valence-corrected chi connectivity index (χ3v) is 7.21. The molecule has 2 aromatic rings. The number of carbonyl (C=O) groups is 2. The van der Waals surface area contributed by atoms with E-state index in [1.54, 1.807) is 13.8 Å². The standard InChI is InChI=1S/C23H30N2O5S/c1-5-17(4)18-8-12-20(13-9-18)24-22(26)16-30-23(27)19-10-14-21(15-11-19)31(28,29)25(6-2)7-3/h8-15,17H,5-7,16H2,1-4H3,(H,24,26). The molecule has 1 N–H and O–H groups in total. The third-order valence-electron chi connectivity index (χ3n) is 5.14. The summed E-state index contributed by atoms with van der Waals surface area (Å²) in [6.45, 7) is 8.06. The van der Waals surface area contributed by atoms with E-state index in [4.69, 9.17) is 4.74 Å². The van der Waals surface area contributed by atoms with E-state index in [1.807, 2.05) is 24.3 Å². The molecule has 0 aliphatic heterocycles. The molecular formula is C23H30N2O5S. The lowest BCUT2D eigenvalue weighted by Crippen LogP contribution is -2.30. The predicted octanol–water partition coefficient (Wildman–Crippen LogP) is 4.03. The van der Waals surface area contributed by atoms with Crippen LogP contribution in [-0.2, 0) is 19.6 Å². The lowest BCUT2D eigenvalue weighted by molar-refractivity contribution is -0.119. The molecule has 0 aliphatic rings. The molecule has 0 bridgehead atoms. The number of sulfonamides is 1. The predicted molar refractivity (Wildman–Crippen MR) is 121 cm³/mol. The number of ether oxygens (including phenoxy) is 1. The van der Waals surface area contributed by atoms with Gasteiger partial charge in [0.2, 0.25) is 10.0 Å². The first-order valence-electron chi connectivity index (χ1n) is 10.4. The topological polar surface area (TPSA) is 92.8 Å². The summed E-state index contributed by atoms with van der Waals surface area (Å²) in [7, 11) is -3.60. The highest BCUT2D eigenvalue weighted by Gasteiger charge is 2.22. The van der Waals surface area contributed by atoms with E-state index >= 15 is 0 Å². The zero-order valence-electron chi connectivity index (χ0n) is 18.4. The van der Waals surface area contributed by atoms with Crippen molar-refractivity contribution in [1.82, 2.24) is 4.31 Å². The highest BCUT2D eigenvalue weighted by Crippen LogP contribution is 2.20. The SMILES string of the molecule is CCC(C)c1ccc(NC(=O)COC(=O)c2ccc(S(=O)(=O)N(CC)CC)cc2)cc1. The molecular weight excluding hydrogens is 416 g/mol. The van der Waals surface area contributed by atoms with Gasteiger partial charge in [0.25, 0.3) is 5.91 Å². The molecule has 2 rings (SSSR count). The molecule has 31 heavy (non-hydrogen) atoms. The van der Waals surface area contributed by atoms with E-state index < -0.39 is 28.5 Å². The summed E-state index contributed by atoms with van der Waals surface area (Å²) in [6, 6.07) is 13.0. The van der Waals surface area contributed by atoms with Crippen LogP contribution in [0.3, 0.4) is 0 Å². The van der Waals surface area contributed by atoms with Crippen molar-refractivity contribution < 1.29 is 22.7 Å². The van der Waals surface area contributed by atoms with Gasteiger partial charge in [-0.3, -0.25) is 4.79 Å². The molecule has 0 radical (unpaired) electrons. The zero-order valence-corrected chi connectivity index (χ0v) is 19.2. The summed E-state index contributed by atoms with van der Waals surface area (Å²) >= 11 is 0. The molecule has 1 unspecified atom stereocenters. The summed E-state index contributed by atoms with van der Waals surface area (Å²) in [5, 5.41) is 2.69. The average molecular weight is 447 g/mol. The Morgan fingerprint density at radius 3 is 2.06 bits per heavy atom. The quantitative estimate of drug-likeness (QED) is 0.556. The average Bonchev–Trinajstić information content (AvgIpc) is 2.78. The summed E-state index contributed by atoms with van der Waals surface area (Å²) < 4.78 is 31.4. The fourth-order valence-corrected chi connectivity index (χ4v) is 4.48. The Morgan fingerprint density at radius 1 is 0.968 bits per heavy atom. The van der Waals surface area contributed by atoms with Gasteiger partial charge in [-0.25, -0.2) is 13.2 Å². The summed E-state index contributed by atoms with van der Waals surface area (Å²) in [6.07, 6.45) is 1.03. The van der Waals surface area contributed by atoms with E-state index in [2.05, 4.69) is 19.2 Å². The molecule has 2 aromatic carbocycles. The highest BCUT2D eigenvalue weighted by atomic mass is 32.2. The van der Waals surface area contributed by atoms with Crippen LogP contribution in [0.25, 0.3) is 0 Å². The number of amides is 1. The molecule has 8 heteroatoms. The Kier molecular flexibility index (Phi) is 8.76. The fourth-order valence-electron chi connectivity index (χ4n) is 3.02. The van der Waals surface area contributed by atoms with Gasteiger partial charge in [0, 0.05) is 18.8 Å². The molecule has 0 aliphatic carbocycles. The molecule has 1 amide bonds. The van der Waals surface area contributed by atoms with Crippen LogP contribution in [0.15, 0.2) is 53.4 Å². The van der Waals surface area contributed by atoms with Crippen LogP contribution in [0.2, 0.25) is 0 Å². The van der Waals surface area contributed by atoms with Gasteiger partial charge in [0.05, 0.1) is 10.5 Å². The van der Waals surface area contributed by atoms with Crippen molar-refractivity contribution in [2.75, 3.05) is 25.0 Å². The van der Waals surface area contributed by atoms with E-state index in [-0.39, 0.29) is 10.5 Å². The minimum Gasteiger partial charge on any atom is -0.452 e. The second-order valence-corrected chi connectivity index (χ2v) is 9.11. The Hall–Kier alpha value is -2.71. The van der Waals surface area contributed by atoms with Gasteiger partial charge in [0.15, 0.2) is 6.61 Å². The van der Waals surface area contributed by atoms with Crippen LogP contribution in [0.1, 0.15) is 56.0 Å². The number of rotatable bonds is 10. The van der Waals surface area contributed by atoms with Gasteiger partial charge in [0.1, 0.15) is 0 Å². The van der Waals surface area contributed by atoms with Crippen molar-refractivity contribution >= 4 is 27.6 Å². The van der Waals surface area contributed by atoms with Crippen molar-refractivity contribution in [1.29, 1.82) is 0 Å². The van der Waals surface area contributed by atoms with Gasteiger partial charge in [-0.2, -0.15) is 4.31 Å². The second kappa shape index (κ2) is 11.1. The van der Waals surface area contributed by atoms with Gasteiger partial charge < -0.3 is 10.1 Å². The molecule has 7 nitrogen and oxygen atoms in total. The molecule has 0 heterocycles. The Morgan fingerprint density at radius 2 is 1.55 bits per heavy atom. The van der Waals surface area contributed by atoms with E-state index in [0.717, 1.165) is 6.42 Å². The minimum atomic E-state index is -3.60. The lowest BCUT2D eigenvalue weighted by atomic mass is 9.99. The maximum Gasteiger partial charge on any atom is 0.338 e. The molecule has 0 saturated carbocycles. The molecule has 168 valence electrons. The maximum absolute atomic E-state index is 12.5. The lowest BCUT2D eigenvalue weighted by Gasteiger charge is -2.18. The van der Waals surface area contributed by atoms with Crippen LogP contribution in [-0.4, -0.2) is 44.3 Å². The monoisotopic (exact) mass is 446 g/mol. The van der Waals surface area contributed by atoms with Crippen molar-refractivity contribution in [2.24, 2.45) is 0 Å². The number of nitrogens with one attached hydrogen (secondary N) is 1. The van der Waals surface area contributed by atoms with Gasteiger partial charge in [-0.1, -0.05) is 39.8 Å². The highest BCUT2D eigenvalue weighted by molar-refractivity contribution is 7.89. The van der Waals surface area contributed by atoms with Crippen LogP contribution >= 0.6 is 0 Å². The third kappa shape index (κ3) is 6.38. The normalized spacial score (nSPS) is 12.4.